The Morgan fingerprint density at radius 3 is 2.50 bits per heavy atom. The second kappa shape index (κ2) is 7.04. The van der Waals surface area contributed by atoms with Gasteiger partial charge in [0.05, 0.1) is 11.4 Å². The Morgan fingerprint density at radius 2 is 1.92 bits per heavy atom. The Kier molecular flexibility index (Phi) is 4.84. The molecule has 0 saturated carbocycles. The topological polar surface area (TPSA) is 87.6 Å². The summed E-state index contributed by atoms with van der Waals surface area (Å²) in [6, 6.07) is 1.90. The number of rotatable bonds is 4. The van der Waals surface area contributed by atoms with Crippen LogP contribution < -0.4 is 5.32 Å². The molecular weight excluding hydrogens is 310 g/mol. The highest BCUT2D eigenvalue weighted by molar-refractivity contribution is 5.74. The molecular formula is C16H23N5O3. The van der Waals surface area contributed by atoms with E-state index in [9.17, 15) is 4.79 Å². The van der Waals surface area contributed by atoms with Gasteiger partial charge in [0, 0.05) is 50.9 Å². The highest BCUT2D eigenvalue weighted by atomic mass is 16.5. The molecule has 3 heterocycles. The molecule has 2 amide bonds. The lowest BCUT2D eigenvalue weighted by Crippen LogP contribution is -2.51. The van der Waals surface area contributed by atoms with Gasteiger partial charge in [-0.2, -0.15) is 0 Å². The number of nitrogens with one attached hydrogen (secondary N) is 1. The monoisotopic (exact) mass is 333 g/mol. The van der Waals surface area contributed by atoms with Crippen LogP contribution in [0, 0.1) is 20.8 Å². The molecule has 0 unspecified atom stereocenters. The third kappa shape index (κ3) is 3.76. The zero-order valence-corrected chi connectivity index (χ0v) is 14.3. The molecule has 2 aromatic rings. The van der Waals surface area contributed by atoms with E-state index in [2.05, 4.69) is 20.5 Å². The predicted molar refractivity (Wildman–Crippen MR) is 86.3 cm³/mol. The van der Waals surface area contributed by atoms with Gasteiger partial charge in [-0.05, 0) is 20.8 Å². The summed E-state index contributed by atoms with van der Waals surface area (Å²) in [6.07, 6.45) is 0. The molecule has 0 bridgehead atoms. The van der Waals surface area contributed by atoms with Gasteiger partial charge in [-0.3, -0.25) is 4.90 Å². The Bertz CT molecular complexity index is 681. The first-order valence-electron chi connectivity index (χ1n) is 8.12. The number of amides is 2. The summed E-state index contributed by atoms with van der Waals surface area (Å²) in [4.78, 5) is 16.4. The molecule has 0 aliphatic carbocycles. The van der Waals surface area contributed by atoms with Gasteiger partial charge < -0.3 is 19.3 Å². The van der Waals surface area contributed by atoms with E-state index in [4.69, 9.17) is 9.05 Å². The van der Waals surface area contributed by atoms with Crippen LogP contribution in [0.3, 0.4) is 0 Å². The van der Waals surface area contributed by atoms with Crippen molar-refractivity contribution in [2.45, 2.75) is 33.9 Å². The fourth-order valence-electron chi connectivity index (χ4n) is 2.86. The minimum atomic E-state index is -0.0491. The number of urea groups is 1. The average Bonchev–Trinajstić information content (AvgIpc) is 3.12. The summed E-state index contributed by atoms with van der Waals surface area (Å²) < 4.78 is 10.2. The molecule has 8 nitrogen and oxygen atoms in total. The van der Waals surface area contributed by atoms with Crippen molar-refractivity contribution >= 4 is 6.03 Å². The first-order valence-corrected chi connectivity index (χ1v) is 8.12. The van der Waals surface area contributed by atoms with Crippen molar-refractivity contribution in [3.63, 3.8) is 0 Å². The summed E-state index contributed by atoms with van der Waals surface area (Å²) >= 11 is 0. The lowest BCUT2D eigenvalue weighted by Gasteiger charge is -2.34. The Labute approximate surface area is 140 Å². The van der Waals surface area contributed by atoms with Crippen molar-refractivity contribution in [3.8, 4) is 0 Å². The van der Waals surface area contributed by atoms with Gasteiger partial charge in [0.25, 0.3) is 0 Å². The van der Waals surface area contributed by atoms with Crippen LogP contribution in [0.2, 0.25) is 0 Å². The van der Waals surface area contributed by atoms with Gasteiger partial charge in [-0.15, -0.1) is 0 Å². The average molecular weight is 333 g/mol. The molecule has 0 spiro atoms. The zero-order chi connectivity index (χ0) is 17.1. The second-order valence-corrected chi connectivity index (χ2v) is 6.15. The molecule has 1 aliphatic heterocycles. The Hall–Kier alpha value is -2.35. The summed E-state index contributed by atoms with van der Waals surface area (Å²) in [5.41, 5.74) is 2.70. The fraction of sp³-hybridized carbons (Fsp3) is 0.562. The number of piperazine rings is 1. The Morgan fingerprint density at radius 1 is 1.17 bits per heavy atom. The van der Waals surface area contributed by atoms with Crippen molar-refractivity contribution in [2.75, 3.05) is 26.2 Å². The van der Waals surface area contributed by atoms with Crippen LogP contribution in [0.1, 0.15) is 28.5 Å². The number of nitrogens with zero attached hydrogens (tertiary/aromatic N) is 4. The standard InChI is InChI=1S/C16H23N5O3/c1-11-8-14(19-23-11)10-20-4-6-21(7-5-20)16(22)17-9-15-12(2)18-24-13(15)3/h8H,4-7,9-10H2,1-3H3,(H,17,22). The third-order valence-electron chi connectivity index (χ3n) is 4.32. The van der Waals surface area contributed by atoms with Crippen LogP contribution in [0.15, 0.2) is 15.1 Å². The van der Waals surface area contributed by atoms with Gasteiger partial charge in [-0.25, -0.2) is 4.79 Å². The summed E-state index contributed by atoms with van der Waals surface area (Å²) in [6.45, 7) is 9.86. The molecule has 3 rings (SSSR count). The fourth-order valence-corrected chi connectivity index (χ4v) is 2.86. The van der Waals surface area contributed by atoms with Crippen molar-refractivity contribution in [1.29, 1.82) is 0 Å². The Balaban J connectivity index is 1.45. The molecule has 8 heteroatoms. The van der Waals surface area contributed by atoms with Crippen LogP contribution in [0.4, 0.5) is 4.79 Å². The maximum Gasteiger partial charge on any atom is 0.317 e. The lowest BCUT2D eigenvalue weighted by molar-refractivity contribution is 0.133. The largest absolute Gasteiger partial charge is 0.361 e. The highest BCUT2D eigenvalue weighted by Gasteiger charge is 2.22. The van der Waals surface area contributed by atoms with E-state index < -0.39 is 0 Å². The number of carbonyl (C=O) groups excluding carboxylic acids is 1. The number of hydrogen-bond acceptors (Lipinski definition) is 6. The van der Waals surface area contributed by atoms with Gasteiger partial charge in [0.2, 0.25) is 0 Å². The van der Waals surface area contributed by atoms with Crippen LogP contribution >= 0.6 is 0 Å². The van der Waals surface area contributed by atoms with Gasteiger partial charge >= 0.3 is 6.03 Å². The molecule has 0 atom stereocenters. The first kappa shape index (κ1) is 16.5. The first-order chi connectivity index (χ1) is 11.5. The molecule has 1 N–H and O–H groups in total. The SMILES string of the molecule is Cc1cc(CN2CCN(C(=O)NCc3c(C)noc3C)CC2)no1. The van der Waals surface area contributed by atoms with Crippen LogP contribution in [0.5, 0.6) is 0 Å². The summed E-state index contributed by atoms with van der Waals surface area (Å²) in [5, 5.41) is 10.9. The van der Waals surface area contributed by atoms with Gasteiger partial charge in [0.1, 0.15) is 11.5 Å². The van der Waals surface area contributed by atoms with Crippen molar-refractivity contribution in [2.24, 2.45) is 0 Å². The number of carbonyl (C=O) groups is 1. The van der Waals surface area contributed by atoms with Gasteiger partial charge in [0.15, 0.2) is 0 Å². The molecule has 2 aromatic heterocycles. The quantitative estimate of drug-likeness (QED) is 0.915. The molecule has 130 valence electrons. The van der Waals surface area contributed by atoms with Crippen LogP contribution in [-0.4, -0.2) is 52.3 Å². The van der Waals surface area contributed by atoms with Gasteiger partial charge in [-0.1, -0.05) is 10.3 Å². The van der Waals surface area contributed by atoms with E-state index in [-0.39, 0.29) is 6.03 Å². The number of aromatic nitrogens is 2. The molecule has 0 radical (unpaired) electrons. The minimum Gasteiger partial charge on any atom is -0.361 e. The molecule has 24 heavy (non-hydrogen) atoms. The molecule has 0 aromatic carbocycles. The van der Waals surface area contributed by atoms with Crippen LogP contribution in [-0.2, 0) is 13.1 Å². The molecule has 1 aliphatic rings. The summed E-state index contributed by atoms with van der Waals surface area (Å²) in [5.74, 6) is 1.57. The van der Waals surface area contributed by atoms with E-state index in [1.165, 1.54) is 0 Å². The number of hydrogen-bond donors (Lipinski definition) is 1. The van der Waals surface area contributed by atoms with Crippen molar-refractivity contribution in [1.82, 2.24) is 25.4 Å². The second-order valence-electron chi connectivity index (χ2n) is 6.15. The number of aryl methyl sites for hydroxylation is 3. The van der Waals surface area contributed by atoms with Crippen molar-refractivity contribution in [3.05, 3.63) is 34.5 Å². The zero-order valence-electron chi connectivity index (χ0n) is 14.3. The van der Waals surface area contributed by atoms with Crippen molar-refractivity contribution < 1.29 is 13.8 Å². The normalized spacial score (nSPS) is 15.7. The molecule has 1 saturated heterocycles. The predicted octanol–water partition coefficient (Wildman–Crippen LogP) is 1.62. The van der Waals surface area contributed by atoms with E-state index in [0.29, 0.717) is 19.6 Å². The molecule has 1 fully saturated rings. The van der Waals surface area contributed by atoms with E-state index in [0.717, 1.165) is 48.1 Å². The van der Waals surface area contributed by atoms with E-state index >= 15 is 0 Å². The van der Waals surface area contributed by atoms with E-state index in [1.807, 2.05) is 31.7 Å². The maximum atomic E-state index is 12.3. The lowest BCUT2D eigenvalue weighted by atomic mass is 10.2. The smallest absolute Gasteiger partial charge is 0.317 e. The minimum absolute atomic E-state index is 0.0491. The summed E-state index contributed by atoms with van der Waals surface area (Å²) in [7, 11) is 0. The maximum absolute atomic E-state index is 12.3. The van der Waals surface area contributed by atoms with Crippen LogP contribution in [0.25, 0.3) is 0 Å². The highest BCUT2D eigenvalue weighted by Crippen LogP contribution is 2.12. The third-order valence-corrected chi connectivity index (χ3v) is 4.32. The van der Waals surface area contributed by atoms with E-state index in [1.54, 1.807) is 0 Å².